The molecule has 0 aliphatic rings. The lowest BCUT2D eigenvalue weighted by molar-refractivity contribution is 0.214. The summed E-state index contributed by atoms with van der Waals surface area (Å²) < 4.78 is 5.12. The van der Waals surface area contributed by atoms with E-state index in [-0.39, 0.29) is 12.1 Å². The predicted octanol–water partition coefficient (Wildman–Crippen LogP) is 2.99. The van der Waals surface area contributed by atoms with Gasteiger partial charge in [-0.05, 0) is 37.5 Å². The molecule has 2 N–H and O–H groups in total. The zero-order valence-corrected chi connectivity index (χ0v) is 12.0. The summed E-state index contributed by atoms with van der Waals surface area (Å²) in [7, 11) is 1.61. The molecule has 0 aromatic heterocycles. The highest BCUT2D eigenvalue weighted by atomic mass is 35.5. The van der Waals surface area contributed by atoms with Gasteiger partial charge in [-0.2, -0.15) is 0 Å². The Labute approximate surface area is 114 Å². The predicted molar refractivity (Wildman–Crippen MR) is 75.2 cm³/mol. The molecule has 18 heavy (non-hydrogen) atoms. The van der Waals surface area contributed by atoms with Gasteiger partial charge >= 0.3 is 0 Å². The lowest BCUT2D eigenvalue weighted by Gasteiger charge is -2.29. The van der Waals surface area contributed by atoms with E-state index in [4.69, 9.17) is 21.4 Å². The molecule has 0 aliphatic heterocycles. The lowest BCUT2D eigenvalue weighted by Crippen LogP contribution is -2.42. The summed E-state index contributed by atoms with van der Waals surface area (Å²) in [5.74, 6) is 0.689. The van der Waals surface area contributed by atoms with Crippen molar-refractivity contribution in [1.29, 1.82) is 0 Å². The van der Waals surface area contributed by atoms with Crippen molar-refractivity contribution in [3.63, 3.8) is 0 Å². The third-order valence-electron chi connectivity index (χ3n) is 3.38. The zero-order valence-electron chi connectivity index (χ0n) is 11.3. The van der Waals surface area contributed by atoms with Gasteiger partial charge in [0, 0.05) is 18.7 Å². The van der Waals surface area contributed by atoms with Gasteiger partial charge in [0.05, 0.1) is 12.1 Å². The van der Waals surface area contributed by atoms with E-state index in [1.165, 1.54) is 0 Å². The van der Waals surface area contributed by atoms with Crippen LogP contribution in [-0.4, -0.2) is 24.4 Å². The number of aliphatic hydroxyl groups excluding tert-OH is 1. The molecular weight excluding hydrogens is 250 g/mol. The van der Waals surface area contributed by atoms with E-state index < -0.39 is 0 Å². The summed E-state index contributed by atoms with van der Waals surface area (Å²) >= 11 is 6.08. The van der Waals surface area contributed by atoms with Crippen molar-refractivity contribution < 1.29 is 9.84 Å². The maximum Gasteiger partial charge on any atom is 0.137 e. The van der Waals surface area contributed by atoms with Crippen molar-refractivity contribution >= 4 is 11.6 Å². The second-order valence-electron chi connectivity index (χ2n) is 4.71. The maximum atomic E-state index is 9.06. The van der Waals surface area contributed by atoms with E-state index in [0.29, 0.717) is 10.8 Å². The molecular formula is C14H22ClNO2. The number of benzene rings is 1. The molecule has 102 valence electrons. The highest BCUT2D eigenvalue weighted by Gasteiger charge is 2.20. The lowest BCUT2D eigenvalue weighted by atomic mass is 9.94. The third kappa shape index (κ3) is 4.16. The number of rotatable bonds is 7. The van der Waals surface area contributed by atoms with Crippen LogP contribution in [0.15, 0.2) is 18.2 Å². The van der Waals surface area contributed by atoms with Crippen molar-refractivity contribution in [3.05, 3.63) is 28.8 Å². The highest BCUT2D eigenvalue weighted by molar-refractivity contribution is 6.32. The molecule has 1 unspecified atom stereocenters. The van der Waals surface area contributed by atoms with E-state index in [2.05, 4.69) is 19.2 Å². The zero-order chi connectivity index (χ0) is 13.6. The van der Waals surface area contributed by atoms with Crippen LogP contribution in [0, 0.1) is 0 Å². The molecule has 0 spiro atoms. The Kier molecular flexibility index (Phi) is 5.93. The average molecular weight is 272 g/mol. The van der Waals surface area contributed by atoms with Gasteiger partial charge in [0.1, 0.15) is 5.75 Å². The molecule has 1 aromatic rings. The molecule has 1 rings (SSSR count). The number of halogens is 1. The van der Waals surface area contributed by atoms with Crippen LogP contribution >= 0.6 is 11.6 Å². The largest absolute Gasteiger partial charge is 0.495 e. The van der Waals surface area contributed by atoms with Crippen LogP contribution in [-0.2, 0) is 6.54 Å². The maximum absolute atomic E-state index is 9.06. The fourth-order valence-corrected chi connectivity index (χ4v) is 2.05. The summed E-state index contributed by atoms with van der Waals surface area (Å²) in [6, 6.07) is 5.77. The number of nitrogens with one attached hydrogen (secondary N) is 1. The Morgan fingerprint density at radius 3 is 2.67 bits per heavy atom. The van der Waals surface area contributed by atoms with E-state index in [0.717, 1.165) is 24.9 Å². The Hall–Kier alpha value is -0.770. The molecule has 0 saturated heterocycles. The number of hydrogen-bond donors (Lipinski definition) is 2. The first kappa shape index (κ1) is 15.3. The van der Waals surface area contributed by atoms with Gasteiger partial charge in [0.2, 0.25) is 0 Å². The molecule has 0 bridgehead atoms. The van der Waals surface area contributed by atoms with E-state index in [9.17, 15) is 0 Å². The van der Waals surface area contributed by atoms with Crippen LogP contribution in [0.3, 0.4) is 0 Å². The van der Waals surface area contributed by atoms with Crippen LogP contribution in [0.25, 0.3) is 0 Å². The van der Waals surface area contributed by atoms with Gasteiger partial charge in [-0.15, -0.1) is 0 Å². The monoisotopic (exact) mass is 271 g/mol. The summed E-state index contributed by atoms with van der Waals surface area (Å²) in [5, 5.41) is 13.2. The highest BCUT2D eigenvalue weighted by Crippen LogP contribution is 2.25. The Balaban J connectivity index is 2.65. The standard InChI is InChI=1S/C14H22ClNO2/c1-4-14(2,7-8-17)16-10-11-5-6-13(18-3)12(15)9-11/h5-6,9,16-17H,4,7-8,10H2,1-3H3. The van der Waals surface area contributed by atoms with Crippen molar-refractivity contribution in [2.45, 2.75) is 38.8 Å². The minimum absolute atomic E-state index is 0.0405. The summed E-state index contributed by atoms with van der Waals surface area (Å²) in [6.07, 6.45) is 1.71. The minimum Gasteiger partial charge on any atom is -0.495 e. The van der Waals surface area contributed by atoms with Gasteiger partial charge in [0.25, 0.3) is 0 Å². The smallest absolute Gasteiger partial charge is 0.137 e. The molecule has 0 heterocycles. The fourth-order valence-electron chi connectivity index (χ4n) is 1.77. The van der Waals surface area contributed by atoms with Crippen LogP contribution in [0.1, 0.15) is 32.3 Å². The Morgan fingerprint density at radius 2 is 2.17 bits per heavy atom. The molecule has 0 fully saturated rings. The molecule has 1 atom stereocenters. The SMILES string of the molecule is CCC(C)(CCO)NCc1ccc(OC)c(Cl)c1. The van der Waals surface area contributed by atoms with Crippen molar-refractivity contribution in [1.82, 2.24) is 5.32 Å². The second kappa shape index (κ2) is 6.98. The van der Waals surface area contributed by atoms with Crippen LogP contribution in [0.4, 0.5) is 0 Å². The van der Waals surface area contributed by atoms with E-state index in [1.807, 2.05) is 18.2 Å². The summed E-state index contributed by atoms with van der Waals surface area (Å²) in [4.78, 5) is 0. The van der Waals surface area contributed by atoms with E-state index >= 15 is 0 Å². The quantitative estimate of drug-likeness (QED) is 0.801. The first-order valence-corrected chi connectivity index (χ1v) is 6.60. The second-order valence-corrected chi connectivity index (χ2v) is 5.12. The van der Waals surface area contributed by atoms with Crippen molar-refractivity contribution in [2.24, 2.45) is 0 Å². The van der Waals surface area contributed by atoms with Crippen molar-refractivity contribution in [3.8, 4) is 5.75 Å². The first-order valence-electron chi connectivity index (χ1n) is 6.23. The van der Waals surface area contributed by atoms with Gasteiger partial charge in [-0.1, -0.05) is 24.6 Å². The van der Waals surface area contributed by atoms with E-state index in [1.54, 1.807) is 7.11 Å². The fraction of sp³-hybridized carbons (Fsp3) is 0.571. The molecule has 3 nitrogen and oxygen atoms in total. The molecule has 4 heteroatoms. The third-order valence-corrected chi connectivity index (χ3v) is 3.67. The number of hydrogen-bond acceptors (Lipinski definition) is 3. The first-order chi connectivity index (χ1) is 8.54. The molecule has 0 amide bonds. The van der Waals surface area contributed by atoms with Crippen LogP contribution in [0.5, 0.6) is 5.75 Å². The number of ether oxygens (including phenoxy) is 1. The van der Waals surface area contributed by atoms with Gasteiger partial charge in [0.15, 0.2) is 0 Å². The summed E-state index contributed by atoms with van der Waals surface area (Å²) in [5.41, 5.74) is 1.07. The molecule has 1 aromatic carbocycles. The minimum atomic E-state index is -0.0405. The van der Waals surface area contributed by atoms with Gasteiger partial charge < -0.3 is 15.2 Å². The van der Waals surface area contributed by atoms with Gasteiger partial charge in [-0.3, -0.25) is 0 Å². The molecule has 0 radical (unpaired) electrons. The van der Waals surface area contributed by atoms with Gasteiger partial charge in [-0.25, -0.2) is 0 Å². The average Bonchev–Trinajstić information content (AvgIpc) is 2.37. The Morgan fingerprint density at radius 1 is 1.44 bits per heavy atom. The molecule has 0 aliphatic carbocycles. The molecule has 0 saturated carbocycles. The number of aliphatic hydroxyl groups is 1. The van der Waals surface area contributed by atoms with Crippen LogP contribution in [0.2, 0.25) is 5.02 Å². The normalized spacial score (nSPS) is 14.3. The topological polar surface area (TPSA) is 41.5 Å². The number of methoxy groups -OCH3 is 1. The van der Waals surface area contributed by atoms with Crippen LogP contribution < -0.4 is 10.1 Å². The Bertz CT molecular complexity index is 384. The van der Waals surface area contributed by atoms with Crippen molar-refractivity contribution in [2.75, 3.05) is 13.7 Å². The summed E-state index contributed by atoms with van der Waals surface area (Å²) in [6.45, 7) is 5.16.